The van der Waals surface area contributed by atoms with Crippen LogP contribution in [0, 0.1) is 0 Å². The Hall–Kier alpha value is -1.40. The van der Waals surface area contributed by atoms with E-state index in [2.05, 4.69) is 20.6 Å². The average molecular weight is 168 g/mol. The second-order valence-electron chi connectivity index (χ2n) is 2.43. The van der Waals surface area contributed by atoms with E-state index in [1.54, 1.807) is 0 Å². The van der Waals surface area contributed by atoms with Crippen molar-refractivity contribution in [3.05, 3.63) is 12.4 Å². The molecule has 6 nitrogen and oxygen atoms in total. The summed E-state index contributed by atoms with van der Waals surface area (Å²) in [6.45, 7) is 0. The predicted octanol–water partition coefficient (Wildman–Crippen LogP) is -1.05. The third kappa shape index (κ3) is 1.06. The smallest absolute Gasteiger partial charge is 0.171 e. The Morgan fingerprint density at radius 1 is 1.00 bits per heavy atom. The van der Waals surface area contributed by atoms with Gasteiger partial charge < -0.3 is 20.8 Å². The number of rotatable bonds is 0. The van der Waals surface area contributed by atoms with E-state index in [4.69, 9.17) is 10.2 Å². The average Bonchev–Trinajstić information content (AvgIpc) is 2.07. The standard InChI is InChI=1S/C6H8N4O2/c11-5-6(12)10-4-3(9-5)7-1-2-8-4/h1-2,5-6,11-12H,(H,7,9)(H,8,10). The molecule has 0 aliphatic carbocycles. The van der Waals surface area contributed by atoms with Gasteiger partial charge in [-0.15, -0.1) is 0 Å². The van der Waals surface area contributed by atoms with Gasteiger partial charge in [0, 0.05) is 12.4 Å². The minimum absolute atomic E-state index is 0.440. The maximum absolute atomic E-state index is 9.13. The first-order valence-electron chi connectivity index (χ1n) is 3.47. The van der Waals surface area contributed by atoms with Gasteiger partial charge in [-0.1, -0.05) is 0 Å². The van der Waals surface area contributed by atoms with Crippen LogP contribution in [-0.4, -0.2) is 32.6 Å². The molecule has 12 heavy (non-hydrogen) atoms. The van der Waals surface area contributed by atoms with Crippen molar-refractivity contribution >= 4 is 11.6 Å². The Balaban J connectivity index is 2.34. The lowest BCUT2D eigenvalue weighted by Gasteiger charge is -2.27. The Morgan fingerprint density at radius 3 is 1.83 bits per heavy atom. The predicted molar refractivity (Wildman–Crippen MR) is 41.3 cm³/mol. The fraction of sp³-hybridized carbons (Fsp3) is 0.333. The van der Waals surface area contributed by atoms with Crippen LogP contribution in [0.1, 0.15) is 0 Å². The first-order valence-corrected chi connectivity index (χ1v) is 3.47. The van der Waals surface area contributed by atoms with Gasteiger partial charge in [-0.25, -0.2) is 9.97 Å². The Kier molecular flexibility index (Phi) is 1.56. The molecule has 4 N–H and O–H groups in total. The van der Waals surface area contributed by atoms with Gasteiger partial charge in [0.1, 0.15) is 0 Å². The molecule has 0 amide bonds. The number of nitrogens with one attached hydrogen (secondary N) is 2. The molecule has 1 aromatic rings. The lowest BCUT2D eigenvalue weighted by atomic mass is 10.3. The van der Waals surface area contributed by atoms with Crippen LogP contribution in [0.4, 0.5) is 11.6 Å². The van der Waals surface area contributed by atoms with E-state index in [0.29, 0.717) is 11.6 Å². The fourth-order valence-electron chi connectivity index (χ4n) is 0.987. The minimum atomic E-state index is -1.05. The molecule has 0 aromatic carbocycles. The van der Waals surface area contributed by atoms with E-state index in [1.165, 1.54) is 12.4 Å². The van der Waals surface area contributed by atoms with Crippen LogP contribution in [0.5, 0.6) is 0 Å². The summed E-state index contributed by atoms with van der Waals surface area (Å²) >= 11 is 0. The Morgan fingerprint density at radius 2 is 1.42 bits per heavy atom. The number of aliphatic hydroxyl groups excluding tert-OH is 2. The zero-order valence-electron chi connectivity index (χ0n) is 6.10. The monoisotopic (exact) mass is 168 g/mol. The summed E-state index contributed by atoms with van der Waals surface area (Å²) in [7, 11) is 0. The van der Waals surface area contributed by atoms with Crippen molar-refractivity contribution in [1.82, 2.24) is 9.97 Å². The molecule has 0 radical (unpaired) electrons. The van der Waals surface area contributed by atoms with Crippen LogP contribution in [0.25, 0.3) is 0 Å². The van der Waals surface area contributed by atoms with E-state index >= 15 is 0 Å². The number of hydrogen-bond donors (Lipinski definition) is 4. The van der Waals surface area contributed by atoms with Crippen molar-refractivity contribution in [1.29, 1.82) is 0 Å². The quantitative estimate of drug-likeness (QED) is 0.395. The highest BCUT2D eigenvalue weighted by molar-refractivity contribution is 5.61. The van der Waals surface area contributed by atoms with Crippen LogP contribution in [0.3, 0.4) is 0 Å². The van der Waals surface area contributed by atoms with E-state index in [9.17, 15) is 0 Å². The van der Waals surface area contributed by atoms with Gasteiger partial charge >= 0.3 is 0 Å². The number of fused-ring (bicyclic) bond motifs is 1. The summed E-state index contributed by atoms with van der Waals surface area (Å²) < 4.78 is 0. The topological polar surface area (TPSA) is 90.3 Å². The molecule has 2 atom stereocenters. The SMILES string of the molecule is OC1Nc2nccnc2NC1O. The van der Waals surface area contributed by atoms with Crippen LogP contribution < -0.4 is 10.6 Å². The van der Waals surface area contributed by atoms with Gasteiger partial charge in [0.25, 0.3) is 0 Å². The lowest BCUT2D eigenvalue weighted by molar-refractivity contribution is 0.0519. The van der Waals surface area contributed by atoms with Gasteiger partial charge in [0.15, 0.2) is 24.1 Å². The van der Waals surface area contributed by atoms with Crippen molar-refractivity contribution in [2.45, 2.75) is 12.5 Å². The molecule has 2 rings (SSSR count). The molecule has 0 saturated heterocycles. The molecular weight excluding hydrogens is 160 g/mol. The highest BCUT2D eigenvalue weighted by Gasteiger charge is 2.24. The summed E-state index contributed by atoms with van der Waals surface area (Å²) in [5.41, 5.74) is 0. The van der Waals surface area contributed by atoms with Crippen molar-refractivity contribution < 1.29 is 10.2 Å². The highest BCUT2D eigenvalue weighted by Crippen LogP contribution is 2.20. The molecule has 2 unspecified atom stereocenters. The van der Waals surface area contributed by atoms with E-state index < -0.39 is 12.5 Å². The van der Waals surface area contributed by atoms with E-state index in [1.807, 2.05) is 0 Å². The summed E-state index contributed by atoms with van der Waals surface area (Å²) in [6, 6.07) is 0. The molecular formula is C6H8N4O2. The molecule has 0 spiro atoms. The van der Waals surface area contributed by atoms with Gasteiger partial charge in [0.2, 0.25) is 0 Å². The van der Waals surface area contributed by atoms with Crippen LogP contribution in [0.2, 0.25) is 0 Å². The molecule has 6 heteroatoms. The molecule has 2 heterocycles. The first kappa shape index (κ1) is 7.26. The van der Waals surface area contributed by atoms with Gasteiger partial charge in [-0.2, -0.15) is 0 Å². The lowest BCUT2D eigenvalue weighted by Crippen LogP contribution is -2.43. The molecule has 0 bridgehead atoms. The number of aromatic nitrogens is 2. The molecule has 1 aromatic heterocycles. The fourth-order valence-corrected chi connectivity index (χ4v) is 0.987. The number of nitrogens with zero attached hydrogens (tertiary/aromatic N) is 2. The Labute approximate surface area is 68.3 Å². The number of hydrogen-bond acceptors (Lipinski definition) is 6. The van der Waals surface area contributed by atoms with Crippen molar-refractivity contribution in [3.8, 4) is 0 Å². The first-order chi connectivity index (χ1) is 5.77. The summed E-state index contributed by atoms with van der Waals surface area (Å²) in [5.74, 6) is 0.880. The third-order valence-corrected chi connectivity index (χ3v) is 1.57. The summed E-state index contributed by atoms with van der Waals surface area (Å²) in [6.07, 6.45) is 0.902. The normalized spacial score (nSPS) is 26.8. The van der Waals surface area contributed by atoms with Crippen LogP contribution in [0.15, 0.2) is 12.4 Å². The van der Waals surface area contributed by atoms with Crippen LogP contribution in [-0.2, 0) is 0 Å². The van der Waals surface area contributed by atoms with Crippen LogP contribution >= 0.6 is 0 Å². The summed E-state index contributed by atoms with van der Waals surface area (Å²) in [5, 5.41) is 23.4. The molecule has 1 aliphatic heterocycles. The van der Waals surface area contributed by atoms with Crippen molar-refractivity contribution in [3.63, 3.8) is 0 Å². The van der Waals surface area contributed by atoms with Gasteiger partial charge in [-0.05, 0) is 0 Å². The zero-order chi connectivity index (χ0) is 8.55. The zero-order valence-corrected chi connectivity index (χ0v) is 6.10. The van der Waals surface area contributed by atoms with Gasteiger partial charge in [0.05, 0.1) is 0 Å². The maximum Gasteiger partial charge on any atom is 0.171 e. The number of anilines is 2. The molecule has 1 aliphatic rings. The second kappa shape index (κ2) is 2.58. The van der Waals surface area contributed by atoms with Gasteiger partial charge in [-0.3, -0.25) is 0 Å². The third-order valence-electron chi connectivity index (χ3n) is 1.57. The molecule has 0 saturated carbocycles. The largest absolute Gasteiger partial charge is 0.369 e. The molecule has 64 valence electrons. The minimum Gasteiger partial charge on any atom is -0.369 e. The summed E-state index contributed by atoms with van der Waals surface area (Å²) in [4.78, 5) is 7.79. The maximum atomic E-state index is 9.13. The highest BCUT2D eigenvalue weighted by atomic mass is 16.4. The van der Waals surface area contributed by atoms with Crippen molar-refractivity contribution in [2.24, 2.45) is 0 Å². The number of aliphatic hydroxyl groups is 2. The second-order valence-corrected chi connectivity index (χ2v) is 2.43. The van der Waals surface area contributed by atoms with E-state index in [0.717, 1.165) is 0 Å². The Bertz CT molecular complexity index is 264. The van der Waals surface area contributed by atoms with Crippen molar-refractivity contribution in [2.75, 3.05) is 10.6 Å². The van der Waals surface area contributed by atoms with E-state index in [-0.39, 0.29) is 0 Å². The molecule has 0 fully saturated rings.